The molecule has 2 aromatic carbocycles. The number of alkyl halides is 1. The van der Waals surface area contributed by atoms with E-state index in [2.05, 4.69) is 20.3 Å². The van der Waals surface area contributed by atoms with Crippen molar-refractivity contribution in [3.63, 3.8) is 0 Å². The first-order valence-corrected chi connectivity index (χ1v) is 12.9. The summed E-state index contributed by atoms with van der Waals surface area (Å²) in [5, 5.41) is 12.9. The molecule has 12 heteroatoms. The Hall–Kier alpha value is -4.58. The first-order chi connectivity index (χ1) is 19.5. The van der Waals surface area contributed by atoms with Gasteiger partial charge < -0.3 is 24.6 Å². The minimum absolute atomic E-state index is 0.0351. The van der Waals surface area contributed by atoms with E-state index in [1.807, 2.05) is 24.3 Å². The first kappa shape index (κ1) is 28.0. The Kier molecular flexibility index (Phi) is 7.12. The average Bonchev–Trinajstić information content (AvgIpc) is 3.44. The molecule has 1 aliphatic heterocycles. The van der Waals surface area contributed by atoms with Gasteiger partial charge >= 0.3 is 11.9 Å². The van der Waals surface area contributed by atoms with Gasteiger partial charge in [0, 0.05) is 13.5 Å². The van der Waals surface area contributed by atoms with Gasteiger partial charge in [-0.25, -0.2) is 24.1 Å². The highest BCUT2D eigenvalue weighted by Gasteiger charge is 2.67. The normalized spacial score (nSPS) is 23.9. The SMILES string of the molecule is COc1cccc(CNc2ncnc3c2ncn3[C@H]2O[C@H](c3cccc(C(=O)O)c3C)[C@@](C)(OC(C)=O)[C@@]2(C)F)c1. The summed E-state index contributed by atoms with van der Waals surface area (Å²) in [4.78, 5) is 37.2. The number of nitrogens with one attached hydrogen (secondary N) is 1. The van der Waals surface area contributed by atoms with E-state index in [9.17, 15) is 14.7 Å². The number of methoxy groups -OCH3 is 1. The molecule has 5 rings (SSSR count). The number of aromatic nitrogens is 4. The van der Waals surface area contributed by atoms with E-state index in [0.717, 1.165) is 11.3 Å². The molecular formula is C29H30FN5O6. The molecule has 1 saturated heterocycles. The third-order valence-corrected chi connectivity index (χ3v) is 7.65. The molecule has 0 bridgehead atoms. The van der Waals surface area contributed by atoms with Gasteiger partial charge in [-0.15, -0.1) is 0 Å². The van der Waals surface area contributed by atoms with Crippen LogP contribution in [0.3, 0.4) is 0 Å². The number of fused-ring (bicyclic) bond motifs is 1. The lowest BCUT2D eigenvalue weighted by Gasteiger charge is -2.37. The van der Waals surface area contributed by atoms with Gasteiger partial charge in [0.15, 0.2) is 34.5 Å². The van der Waals surface area contributed by atoms with Crippen molar-refractivity contribution in [1.82, 2.24) is 19.5 Å². The molecule has 1 fully saturated rings. The van der Waals surface area contributed by atoms with E-state index in [1.165, 1.54) is 44.1 Å². The van der Waals surface area contributed by atoms with Crippen LogP contribution in [-0.4, -0.2) is 54.9 Å². The molecule has 0 aliphatic carbocycles. The number of esters is 1. The second kappa shape index (κ2) is 10.4. The largest absolute Gasteiger partial charge is 0.497 e. The first-order valence-electron chi connectivity index (χ1n) is 12.9. The van der Waals surface area contributed by atoms with Crippen molar-refractivity contribution in [2.45, 2.75) is 57.8 Å². The van der Waals surface area contributed by atoms with Crippen LogP contribution >= 0.6 is 0 Å². The minimum Gasteiger partial charge on any atom is -0.497 e. The number of carbonyl (C=O) groups is 2. The number of halogens is 1. The number of hydrogen-bond donors (Lipinski definition) is 2. The fourth-order valence-corrected chi connectivity index (χ4v) is 5.33. The molecular weight excluding hydrogens is 533 g/mol. The quantitative estimate of drug-likeness (QED) is 0.288. The maximum absolute atomic E-state index is 17.0. The molecule has 2 aromatic heterocycles. The van der Waals surface area contributed by atoms with Crippen molar-refractivity contribution in [1.29, 1.82) is 0 Å². The fourth-order valence-electron chi connectivity index (χ4n) is 5.33. The van der Waals surface area contributed by atoms with Crippen molar-refractivity contribution in [2.24, 2.45) is 0 Å². The van der Waals surface area contributed by atoms with E-state index in [1.54, 1.807) is 26.2 Å². The van der Waals surface area contributed by atoms with Gasteiger partial charge in [-0.3, -0.25) is 9.36 Å². The van der Waals surface area contributed by atoms with Gasteiger partial charge in [0.2, 0.25) is 0 Å². The van der Waals surface area contributed by atoms with Crippen molar-refractivity contribution < 1.29 is 33.3 Å². The van der Waals surface area contributed by atoms with Gasteiger partial charge in [0.05, 0.1) is 19.0 Å². The Morgan fingerprint density at radius 1 is 1.17 bits per heavy atom. The Balaban J connectivity index is 1.54. The molecule has 0 radical (unpaired) electrons. The molecule has 2 N–H and O–H groups in total. The number of anilines is 1. The van der Waals surface area contributed by atoms with Gasteiger partial charge in [-0.2, -0.15) is 0 Å². The van der Waals surface area contributed by atoms with Crippen LogP contribution in [0.5, 0.6) is 5.75 Å². The van der Waals surface area contributed by atoms with Crippen molar-refractivity contribution in [3.8, 4) is 5.75 Å². The number of carboxylic acid groups (broad SMARTS) is 1. The highest BCUT2D eigenvalue weighted by atomic mass is 19.1. The Morgan fingerprint density at radius 3 is 2.63 bits per heavy atom. The lowest BCUT2D eigenvalue weighted by Crippen LogP contribution is -2.51. The molecule has 0 amide bonds. The van der Waals surface area contributed by atoms with Crippen molar-refractivity contribution in [2.75, 3.05) is 12.4 Å². The molecule has 41 heavy (non-hydrogen) atoms. The minimum atomic E-state index is -2.30. The summed E-state index contributed by atoms with van der Waals surface area (Å²) >= 11 is 0. The standard InChI is InChI=1S/C29H30FN5O6/c1-16-20(10-7-11-21(16)26(37)38)23-29(4,41-17(2)36)28(3,30)27(40-23)35-15-34-22-24(32-14-33-25(22)35)31-13-18-8-6-9-19(12-18)39-5/h6-12,14-15,23,27H,13H2,1-5H3,(H,37,38)(H,31,32,33)/t23-,27+,28+,29-/m1/s1. The molecule has 0 unspecified atom stereocenters. The van der Waals surface area contributed by atoms with Crippen LogP contribution in [0.4, 0.5) is 10.2 Å². The molecule has 11 nitrogen and oxygen atoms in total. The van der Waals surface area contributed by atoms with Crippen LogP contribution in [0.1, 0.15) is 60.2 Å². The van der Waals surface area contributed by atoms with Crippen molar-refractivity contribution >= 4 is 28.9 Å². The number of rotatable bonds is 8. The van der Waals surface area contributed by atoms with Crippen LogP contribution in [0.25, 0.3) is 11.2 Å². The lowest BCUT2D eigenvalue weighted by molar-refractivity contribution is -0.174. The summed E-state index contributed by atoms with van der Waals surface area (Å²) in [6, 6.07) is 12.2. The Morgan fingerprint density at radius 2 is 1.93 bits per heavy atom. The van der Waals surface area contributed by atoms with Gasteiger partial charge in [0.1, 0.15) is 18.2 Å². The topological polar surface area (TPSA) is 138 Å². The number of imidazole rings is 1. The predicted octanol–water partition coefficient (Wildman–Crippen LogP) is 4.77. The van der Waals surface area contributed by atoms with Crippen LogP contribution in [-0.2, 0) is 20.8 Å². The zero-order valence-electron chi connectivity index (χ0n) is 23.2. The Labute approximate surface area is 235 Å². The maximum atomic E-state index is 17.0. The summed E-state index contributed by atoms with van der Waals surface area (Å²) in [6.07, 6.45) is 0.254. The van der Waals surface area contributed by atoms with Crippen LogP contribution in [0, 0.1) is 6.92 Å². The number of carboxylic acids is 1. The second-order valence-corrected chi connectivity index (χ2v) is 10.2. The summed E-state index contributed by atoms with van der Waals surface area (Å²) < 4.78 is 35.7. The van der Waals surface area contributed by atoms with Crippen LogP contribution in [0.2, 0.25) is 0 Å². The van der Waals surface area contributed by atoms with Gasteiger partial charge in [-0.05, 0) is 55.7 Å². The molecule has 1 aliphatic rings. The molecule has 4 aromatic rings. The maximum Gasteiger partial charge on any atom is 0.335 e. The third-order valence-electron chi connectivity index (χ3n) is 7.65. The number of ether oxygens (including phenoxy) is 3. The number of benzene rings is 2. The number of nitrogens with zero attached hydrogens (tertiary/aromatic N) is 4. The van der Waals surface area contributed by atoms with Gasteiger partial charge in [-0.1, -0.05) is 24.3 Å². The molecule has 0 saturated carbocycles. The number of carbonyl (C=O) groups excluding carboxylic acids is 1. The monoisotopic (exact) mass is 563 g/mol. The summed E-state index contributed by atoms with van der Waals surface area (Å²) in [5.41, 5.74) is -1.70. The molecule has 4 atom stereocenters. The third kappa shape index (κ3) is 4.73. The van der Waals surface area contributed by atoms with Crippen LogP contribution < -0.4 is 10.1 Å². The highest BCUT2D eigenvalue weighted by Crippen LogP contribution is 2.57. The molecule has 3 heterocycles. The zero-order chi connectivity index (χ0) is 29.5. The number of aromatic carboxylic acids is 1. The smallest absolute Gasteiger partial charge is 0.335 e. The number of hydrogen-bond acceptors (Lipinski definition) is 9. The van der Waals surface area contributed by atoms with E-state index < -0.39 is 35.5 Å². The highest BCUT2D eigenvalue weighted by molar-refractivity contribution is 5.89. The zero-order valence-corrected chi connectivity index (χ0v) is 23.2. The Bertz CT molecular complexity index is 1640. The summed E-state index contributed by atoms with van der Waals surface area (Å²) in [5.74, 6) is -0.696. The summed E-state index contributed by atoms with van der Waals surface area (Å²) in [7, 11) is 1.60. The van der Waals surface area contributed by atoms with Gasteiger partial charge in [0.25, 0.3) is 0 Å². The van der Waals surface area contributed by atoms with Crippen molar-refractivity contribution in [3.05, 3.63) is 77.4 Å². The fraction of sp³-hybridized carbons (Fsp3) is 0.345. The van der Waals surface area contributed by atoms with E-state index in [-0.39, 0.29) is 5.56 Å². The van der Waals surface area contributed by atoms with Crippen LogP contribution in [0.15, 0.2) is 55.1 Å². The second-order valence-electron chi connectivity index (χ2n) is 10.2. The van der Waals surface area contributed by atoms with E-state index in [0.29, 0.717) is 34.7 Å². The molecule has 0 spiro atoms. The lowest BCUT2D eigenvalue weighted by atomic mass is 9.80. The van der Waals surface area contributed by atoms with E-state index >= 15 is 4.39 Å². The van der Waals surface area contributed by atoms with E-state index in [4.69, 9.17) is 14.2 Å². The predicted molar refractivity (Wildman–Crippen MR) is 146 cm³/mol. The summed E-state index contributed by atoms with van der Waals surface area (Å²) in [6.45, 7) is 5.95. The molecule has 214 valence electrons. The average molecular weight is 564 g/mol.